The number of aliphatic hydroxyl groups is 1. The first-order valence-corrected chi connectivity index (χ1v) is 11.0. The van der Waals surface area contributed by atoms with E-state index in [4.69, 9.17) is 19.0 Å². The number of nitrogens with one attached hydrogen (secondary N) is 2. The highest BCUT2D eigenvalue weighted by Crippen LogP contribution is 2.33. The number of amides is 1. The minimum absolute atomic E-state index is 0.144. The van der Waals surface area contributed by atoms with Crippen LogP contribution >= 0.6 is 0 Å². The van der Waals surface area contributed by atoms with Gasteiger partial charge in [-0.1, -0.05) is 32.0 Å². The Morgan fingerprint density at radius 2 is 2.03 bits per heavy atom. The first kappa shape index (κ1) is 24.1. The third kappa shape index (κ3) is 7.25. The first-order valence-electron chi connectivity index (χ1n) is 11.0. The number of alkyl carbamates (subject to hydrolysis) is 1. The number of hydrogen-bond donors (Lipinski definition) is 3. The van der Waals surface area contributed by atoms with E-state index in [1.54, 1.807) is 13.3 Å². The van der Waals surface area contributed by atoms with Crippen molar-refractivity contribution >= 4 is 17.8 Å². The molecular formula is C25H31N3O5. The van der Waals surface area contributed by atoms with Gasteiger partial charge in [0, 0.05) is 18.8 Å². The summed E-state index contributed by atoms with van der Waals surface area (Å²) in [5.74, 6) is 1.55. The molecule has 0 fully saturated rings. The number of aliphatic hydroxyl groups excluding tert-OH is 1. The van der Waals surface area contributed by atoms with Crippen LogP contribution in [-0.4, -0.2) is 36.5 Å². The first-order chi connectivity index (χ1) is 16.0. The van der Waals surface area contributed by atoms with Gasteiger partial charge in [0.1, 0.15) is 5.75 Å². The van der Waals surface area contributed by atoms with Crippen LogP contribution in [-0.2, 0) is 17.7 Å². The molecular weight excluding hydrogens is 422 g/mol. The molecule has 0 saturated carbocycles. The van der Waals surface area contributed by atoms with Crippen LogP contribution in [0.2, 0.25) is 0 Å². The lowest BCUT2D eigenvalue weighted by Gasteiger charge is -2.10. The van der Waals surface area contributed by atoms with Crippen molar-refractivity contribution in [2.75, 3.05) is 25.6 Å². The molecule has 33 heavy (non-hydrogen) atoms. The number of rotatable bonds is 11. The molecule has 1 amide bonds. The van der Waals surface area contributed by atoms with Gasteiger partial charge in [-0.2, -0.15) is 0 Å². The van der Waals surface area contributed by atoms with Crippen molar-refractivity contribution < 1.29 is 23.8 Å². The van der Waals surface area contributed by atoms with E-state index in [1.807, 2.05) is 56.3 Å². The fourth-order valence-corrected chi connectivity index (χ4v) is 3.19. The minimum atomic E-state index is -0.436. The predicted molar refractivity (Wildman–Crippen MR) is 127 cm³/mol. The maximum atomic E-state index is 11.8. The highest BCUT2D eigenvalue weighted by atomic mass is 16.5. The van der Waals surface area contributed by atoms with Gasteiger partial charge in [0.2, 0.25) is 0 Å². The molecule has 0 radical (unpaired) electrons. The molecule has 0 unspecified atom stereocenters. The standard InChI is InChI=1S/C25H31N3O5/c1-17(2)16-32-25(30)27-14-19-6-4-8-20(12-19)28-24-26-15-23(33-24)21-13-18(7-5-11-29)9-10-22(21)31-3/h4,6,8-10,12-13,15,17,29H,5,7,11,14,16H2,1-3H3,(H,26,28)(H,27,30). The van der Waals surface area contributed by atoms with Gasteiger partial charge < -0.3 is 29.6 Å². The van der Waals surface area contributed by atoms with E-state index in [-0.39, 0.29) is 12.5 Å². The quantitative estimate of drug-likeness (QED) is 0.379. The monoisotopic (exact) mass is 453 g/mol. The fraction of sp³-hybridized carbons (Fsp3) is 0.360. The van der Waals surface area contributed by atoms with E-state index in [9.17, 15) is 4.79 Å². The lowest BCUT2D eigenvalue weighted by atomic mass is 10.0. The Kier molecular flexibility index (Phi) is 8.71. The molecule has 8 nitrogen and oxygen atoms in total. The normalized spacial score (nSPS) is 10.8. The summed E-state index contributed by atoms with van der Waals surface area (Å²) in [4.78, 5) is 16.1. The molecule has 8 heteroatoms. The summed E-state index contributed by atoms with van der Waals surface area (Å²) < 4.78 is 16.5. The van der Waals surface area contributed by atoms with Gasteiger partial charge >= 0.3 is 6.09 Å². The zero-order valence-electron chi connectivity index (χ0n) is 19.3. The Morgan fingerprint density at radius 3 is 2.79 bits per heavy atom. The van der Waals surface area contributed by atoms with Crippen molar-refractivity contribution in [3.05, 3.63) is 59.8 Å². The Labute approximate surface area is 193 Å². The second-order valence-electron chi connectivity index (χ2n) is 8.06. The SMILES string of the molecule is COc1ccc(CCCO)cc1-c1cnc(Nc2cccc(CNC(=O)OCC(C)C)c2)o1. The lowest BCUT2D eigenvalue weighted by Crippen LogP contribution is -2.25. The molecule has 0 spiro atoms. The Hall–Kier alpha value is -3.52. The number of methoxy groups -OCH3 is 1. The molecule has 3 rings (SSSR count). The largest absolute Gasteiger partial charge is 0.496 e. The van der Waals surface area contributed by atoms with Crippen molar-refractivity contribution in [3.63, 3.8) is 0 Å². The van der Waals surface area contributed by atoms with E-state index in [1.165, 1.54) is 0 Å². The number of benzene rings is 2. The molecule has 0 aliphatic rings. The molecule has 0 aliphatic carbocycles. The van der Waals surface area contributed by atoms with Crippen molar-refractivity contribution in [2.45, 2.75) is 33.2 Å². The minimum Gasteiger partial charge on any atom is -0.496 e. The predicted octanol–water partition coefficient (Wildman–Crippen LogP) is 4.90. The number of carbonyl (C=O) groups excluding carboxylic acids is 1. The average Bonchev–Trinajstić information content (AvgIpc) is 3.28. The summed E-state index contributed by atoms with van der Waals surface area (Å²) in [6, 6.07) is 13.8. The smallest absolute Gasteiger partial charge is 0.407 e. The van der Waals surface area contributed by atoms with Crippen molar-refractivity contribution in [3.8, 4) is 17.1 Å². The number of nitrogens with zero attached hydrogens (tertiary/aromatic N) is 1. The molecule has 0 aliphatic heterocycles. The van der Waals surface area contributed by atoms with Gasteiger partial charge in [0.25, 0.3) is 6.01 Å². The van der Waals surface area contributed by atoms with Gasteiger partial charge in [-0.3, -0.25) is 0 Å². The maximum Gasteiger partial charge on any atom is 0.407 e. The van der Waals surface area contributed by atoms with Crippen LogP contribution in [0.25, 0.3) is 11.3 Å². The Balaban J connectivity index is 1.66. The van der Waals surface area contributed by atoms with E-state index in [2.05, 4.69) is 15.6 Å². The van der Waals surface area contributed by atoms with Crippen LogP contribution in [0.15, 0.2) is 53.1 Å². The van der Waals surface area contributed by atoms with Crippen LogP contribution in [0.1, 0.15) is 31.4 Å². The zero-order valence-corrected chi connectivity index (χ0v) is 19.3. The highest BCUT2D eigenvalue weighted by Gasteiger charge is 2.13. The van der Waals surface area contributed by atoms with Crippen LogP contribution in [0.5, 0.6) is 5.75 Å². The van der Waals surface area contributed by atoms with Crippen LogP contribution in [0.4, 0.5) is 16.5 Å². The van der Waals surface area contributed by atoms with Crippen LogP contribution < -0.4 is 15.4 Å². The Morgan fingerprint density at radius 1 is 1.18 bits per heavy atom. The summed E-state index contributed by atoms with van der Waals surface area (Å²) in [6.45, 7) is 4.85. The fourth-order valence-electron chi connectivity index (χ4n) is 3.19. The summed E-state index contributed by atoms with van der Waals surface area (Å²) in [7, 11) is 1.61. The molecule has 1 heterocycles. The van der Waals surface area contributed by atoms with Crippen molar-refractivity contribution in [1.82, 2.24) is 10.3 Å². The number of aryl methyl sites for hydroxylation is 1. The molecule has 0 atom stereocenters. The topological polar surface area (TPSA) is 106 Å². The highest BCUT2D eigenvalue weighted by molar-refractivity contribution is 5.68. The van der Waals surface area contributed by atoms with Gasteiger partial charge in [0.15, 0.2) is 5.76 Å². The summed E-state index contributed by atoms with van der Waals surface area (Å²) >= 11 is 0. The third-order valence-electron chi connectivity index (χ3n) is 4.82. The number of oxazole rings is 1. The zero-order chi connectivity index (χ0) is 23.6. The number of hydrogen-bond acceptors (Lipinski definition) is 7. The van der Waals surface area contributed by atoms with E-state index in [0.717, 1.165) is 28.8 Å². The van der Waals surface area contributed by atoms with Crippen LogP contribution in [0.3, 0.4) is 0 Å². The van der Waals surface area contributed by atoms with Crippen molar-refractivity contribution in [1.29, 1.82) is 0 Å². The van der Waals surface area contributed by atoms with Gasteiger partial charge in [-0.15, -0.1) is 0 Å². The second kappa shape index (κ2) is 11.9. The molecule has 1 aromatic heterocycles. The number of carbonyl (C=O) groups is 1. The number of aromatic nitrogens is 1. The Bertz CT molecular complexity index is 1050. The number of anilines is 2. The lowest BCUT2D eigenvalue weighted by molar-refractivity contribution is 0.132. The molecule has 3 aromatic rings. The molecule has 3 N–H and O–H groups in total. The molecule has 2 aromatic carbocycles. The maximum absolute atomic E-state index is 11.8. The average molecular weight is 454 g/mol. The second-order valence-corrected chi connectivity index (χ2v) is 8.06. The third-order valence-corrected chi connectivity index (χ3v) is 4.82. The van der Waals surface area contributed by atoms with Crippen LogP contribution in [0, 0.1) is 5.92 Å². The number of ether oxygens (including phenoxy) is 2. The summed E-state index contributed by atoms with van der Waals surface area (Å²) in [5.41, 5.74) is 3.57. The van der Waals surface area contributed by atoms with Gasteiger partial charge in [0.05, 0.1) is 25.5 Å². The molecule has 0 bridgehead atoms. The van der Waals surface area contributed by atoms with E-state index in [0.29, 0.717) is 37.1 Å². The van der Waals surface area contributed by atoms with E-state index >= 15 is 0 Å². The summed E-state index contributed by atoms with van der Waals surface area (Å²) in [5, 5.41) is 15.0. The van der Waals surface area contributed by atoms with Gasteiger partial charge in [-0.05, 0) is 54.2 Å². The van der Waals surface area contributed by atoms with E-state index < -0.39 is 6.09 Å². The van der Waals surface area contributed by atoms with Gasteiger partial charge in [-0.25, -0.2) is 9.78 Å². The summed E-state index contributed by atoms with van der Waals surface area (Å²) in [6.07, 6.45) is 2.66. The van der Waals surface area contributed by atoms with Crippen molar-refractivity contribution in [2.24, 2.45) is 5.92 Å². The molecule has 0 saturated heterocycles. The molecule has 176 valence electrons.